The van der Waals surface area contributed by atoms with Crippen LogP contribution in [0.2, 0.25) is 5.02 Å². The third-order valence-corrected chi connectivity index (χ3v) is 5.60. The molecule has 0 aliphatic heterocycles. The Morgan fingerprint density at radius 1 is 0.719 bits per heavy atom. The standard InChI is InChI=1S/C27H35ClO4/c1-2-3-4-5-6-7-8-9-12-19-31-26(29)24-16-10-11-17-25(24)27(30)32-20-18-22-14-13-15-23(28)21-22/h10-11,13-17,21H,2-9,12,18-20H2,1H3. The first kappa shape index (κ1) is 25.9. The molecule has 0 saturated heterocycles. The minimum absolute atomic E-state index is 0.209. The smallest absolute Gasteiger partial charge is 0.339 e. The van der Waals surface area contributed by atoms with E-state index in [9.17, 15) is 9.59 Å². The number of hydrogen-bond acceptors (Lipinski definition) is 4. The number of ether oxygens (including phenoxy) is 2. The summed E-state index contributed by atoms with van der Waals surface area (Å²) in [5.74, 6) is -1.00. The van der Waals surface area contributed by atoms with Gasteiger partial charge in [0.2, 0.25) is 0 Å². The van der Waals surface area contributed by atoms with Gasteiger partial charge >= 0.3 is 11.9 Å². The summed E-state index contributed by atoms with van der Waals surface area (Å²) in [7, 11) is 0. The first-order valence-corrected chi connectivity index (χ1v) is 12.2. The molecule has 5 heteroatoms. The molecule has 0 aromatic heterocycles. The fraction of sp³-hybridized carbons (Fsp3) is 0.481. The average Bonchev–Trinajstić information content (AvgIpc) is 2.80. The molecule has 0 atom stereocenters. The molecule has 0 unspecified atom stereocenters. The molecule has 32 heavy (non-hydrogen) atoms. The molecule has 0 amide bonds. The fourth-order valence-corrected chi connectivity index (χ4v) is 3.74. The van der Waals surface area contributed by atoms with E-state index in [4.69, 9.17) is 21.1 Å². The van der Waals surface area contributed by atoms with Crippen LogP contribution in [0.5, 0.6) is 0 Å². The lowest BCUT2D eigenvalue weighted by molar-refractivity contribution is 0.0455. The van der Waals surface area contributed by atoms with Crippen LogP contribution in [0.4, 0.5) is 0 Å². The molecular weight excluding hydrogens is 424 g/mol. The van der Waals surface area contributed by atoms with Crippen LogP contribution in [0, 0.1) is 0 Å². The fourth-order valence-electron chi connectivity index (χ4n) is 3.53. The lowest BCUT2D eigenvalue weighted by atomic mass is 10.1. The van der Waals surface area contributed by atoms with Crippen LogP contribution < -0.4 is 0 Å². The van der Waals surface area contributed by atoms with E-state index in [1.807, 2.05) is 18.2 Å². The van der Waals surface area contributed by atoms with Crippen LogP contribution in [-0.2, 0) is 15.9 Å². The molecule has 4 nitrogen and oxygen atoms in total. The van der Waals surface area contributed by atoms with E-state index in [-0.39, 0.29) is 17.7 Å². The lowest BCUT2D eigenvalue weighted by Crippen LogP contribution is -2.15. The van der Waals surface area contributed by atoms with Crippen LogP contribution in [0.1, 0.15) is 91.0 Å². The topological polar surface area (TPSA) is 52.6 Å². The molecule has 0 radical (unpaired) electrons. The summed E-state index contributed by atoms with van der Waals surface area (Å²) in [6.07, 6.45) is 11.4. The quantitative estimate of drug-likeness (QED) is 0.206. The van der Waals surface area contributed by atoms with Gasteiger partial charge in [0, 0.05) is 11.4 Å². The third kappa shape index (κ3) is 9.86. The normalized spacial score (nSPS) is 10.7. The number of hydrogen-bond donors (Lipinski definition) is 0. The maximum absolute atomic E-state index is 12.5. The zero-order valence-corrected chi connectivity index (χ0v) is 19.9. The van der Waals surface area contributed by atoms with E-state index >= 15 is 0 Å². The summed E-state index contributed by atoms with van der Waals surface area (Å²) in [6, 6.07) is 14.1. The molecule has 2 aromatic rings. The Morgan fingerprint density at radius 2 is 1.28 bits per heavy atom. The molecule has 0 bridgehead atoms. The van der Waals surface area contributed by atoms with Crippen LogP contribution >= 0.6 is 11.6 Å². The van der Waals surface area contributed by atoms with Crippen molar-refractivity contribution in [3.8, 4) is 0 Å². The monoisotopic (exact) mass is 458 g/mol. The Labute approximate surface area is 197 Å². The predicted octanol–water partition coefficient (Wildman–Crippen LogP) is 7.43. The molecule has 0 fully saturated rings. The van der Waals surface area contributed by atoms with E-state index in [2.05, 4.69) is 6.92 Å². The van der Waals surface area contributed by atoms with Crippen molar-refractivity contribution in [2.24, 2.45) is 0 Å². The van der Waals surface area contributed by atoms with Crippen LogP contribution in [0.3, 0.4) is 0 Å². The van der Waals surface area contributed by atoms with Gasteiger partial charge in [0.15, 0.2) is 0 Å². The Morgan fingerprint density at radius 3 is 1.88 bits per heavy atom. The highest BCUT2D eigenvalue weighted by Crippen LogP contribution is 2.15. The molecule has 0 N–H and O–H groups in total. The van der Waals surface area contributed by atoms with Crippen molar-refractivity contribution in [2.75, 3.05) is 13.2 Å². The van der Waals surface area contributed by atoms with Gasteiger partial charge in [0.05, 0.1) is 24.3 Å². The SMILES string of the molecule is CCCCCCCCCCCOC(=O)c1ccccc1C(=O)OCCc1cccc(Cl)c1. The van der Waals surface area contributed by atoms with Gasteiger partial charge in [-0.3, -0.25) is 0 Å². The Kier molecular flexibility index (Phi) is 12.5. The van der Waals surface area contributed by atoms with Crippen LogP contribution in [-0.4, -0.2) is 25.2 Å². The molecule has 0 spiro atoms. The van der Waals surface area contributed by atoms with E-state index in [1.165, 1.54) is 44.9 Å². The van der Waals surface area contributed by atoms with Gasteiger partial charge in [0.25, 0.3) is 0 Å². The van der Waals surface area contributed by atoms with Gasteiger partial charge in [-0.2, -0.15) is 0 Å². The Hall–Kier alpha value is -2.33. The van der Waals surface area contributed by atoms with Gasteiger partial charge in [-0.1, -0.05) is 94.2 Å². The van der Waals surface area contributed by atoms with Crippen molar-refractivity contribution < 1.29 is 19.1 Å². The Balaban J connectivity index is 1.70. The van der Waals surface area contributed by atoms with E-state index in [0.717, 1.165) is 18.4 Å². The number of halogens is 1. The number of esters is 2. The van der Waals surface area contributed by atoms with Gasteiger partial charge < -0.3 is 9.47 Å². The zero-order valence-electron chi connectivity index (χ0n) is 19.1. The Bertz CT molecular complexity index is 834. The van der Waals surface area contributed by atoms with Gasteiger partial charge in [-0.05, 0) is 36.2 Å². The molecular formula is C27H35ClO4. The highest BCUT2D eigenvalue weighted by Gasteiger charge is 2.18. The summed E-state index contributed by atoms with van der Waals surface area (Å²) < 4.78 is 10.8. The minimum Gasteiger partial charge on any atom is -0.462 e. The number of carbonyl (C=O) groups excluding carboxylic acids is 2. The van der Waals surface area contributed by atoms with Crippen molar-refractivity contribution in [1.29, 1.82) is 0 Å². The minimum atomic E-state index is -0.525. The summed E-state index contributed by atoms with van der Waals surface area (Å²) in [6.45, 7) is 2.80. The maximum atomic E-state index is 12.5. The highest BCUT2D eigenvalue weighted by atomic mass is 35.5. The van der Waals surface area contributed by atoms with Crippen molar-refractivity contribution in [1.82, 2.24) is 0 Å². The van der Waals surface area contributed by atoms with Crippen molar-refractivity contribution >= 4 is 23.5 Å². The third-order valence-electron chi connectivity index (χ3n) is 5.36. The second-order valence-electron chi connectivity index (χ2n) is 8.03. The number of rotatable bonds is 15. The summed E-state index contributed by atoms with van der Waals surface area (Å²) in [5, 5.41) is 0.647. The second kappa shape index (κ2) is 15.5. The lowest BCUT2D eigenvalue weighted by Gasteiger charge is -2.10. The van der Waals surface area contributed by atoms with Gasteiger partial charge in [-0.25, -0.2) is 9.59 Å². The van der Waals surface area contributed by atoms with E-state index < -0.39 is 11.9 Å². The molecule has 0 heterocycles. The number of carbonyl (C=O) groups is 2. The summed E-state index contributed by atoms with van der Waals surface area (Å²) >= 11 is 5.98. The predicted molar refractivity (Wildman–Crippen MR) is 129 cm³/mol. The van der Waals surface area contributed by atoms with Gasteiger partial charge in [0.1, 0.15) is 0 Å². The van der Waals surface area contributed by atoms with E-state index in [1.54, 1.807) is 30.3 Å². The highest BCUT2D eigenvalue weighted by molar-refractivity contribution is 6.30. The summed E-state index contributed by atoms with van der Waals surface area (Å²) in [4.78, 5) is 25.0. The van der Waals surface area contributed by atoms with Crippen LogP contribution in [0.15, 0.2) is 48.5 Å². The average molecular weight is 459 g/mol. The first-order chi connectivity index (χ1) is 15.6. The zero-order chi connectivity index (χ0) is 23.0. The largest absolute Gasteiger partial charge is 0.462 e. The van der Waals surface area contributed by atoms with Crippen molar-refractivity contribution in [3.05, 3.63) is 70.2 Å². The molecule has 174 valence electrons. The van der Waals surface area contributed by atoms with Crippen molar-refractivity contribution in [2.45, 2.75) is 71.1 Å². The van der Waals surface area contributed by atoms with Crippen LogP contribution in [0.25, 0.3) is 0 Å². The summed E-state index contributed by atoms with van der Waals surface area (Å²) in [5.41, 5.74) is 1.46. The molecule has 0 aliphatic carbocycles. The number of unbranched alkanes of at least 4 members (excludes halogenated alkanes) is 8. The molecule has 2 aromatic carbocycles. The van der Waals surface area contributed by atoms with Gasteiger partial charge in [-0.15, -0.1) is 0 Å². The maximum Gasteiger partial charge on any atom is 0.339 e. The first-order valence-electron chi connectivity index (χ1n) is 11.8. The van der Waals surface area contributed by atoms with Crippen molar-refractivity contribution in [3.63, 3.8) is 0 Å². The second-order valence-corrected chi connectivity index (χ2v) is 8.46. The van der Waals surface area contributed by atoms with E-state index in [0.29, 0.717) is 18.1 Å². The molecule has 2 rings (SSSR count). The number of benzene rings is 2. The molecule has 0 saturated carbocycles. The molecule has 0 aliphatic rings.